The fourth-order valence-corrected chi connectivity index (χ4v) is 2.22. The van der Waals surface area contributed by atoms with E-state index in [0.717, 1.165) is 6.07 Å². The van der Waals surface area contributed by atoms with Crippen LogP contribution >= 0.6 is 0 Å². The third kappa shape index (κ3) is 3.78. The number of benzene rings is 1. The summed E-state index contributed by atoms with van der Waals surface area (Å²) in [5.74, 6) is -5.34. The third-order valence-corrected chi connectivity index (χ3v) is 3.44. The monoisotopic (exact) mass is 350 g/mol. The van der Waals surface area contributed by atoms with Crippen LogP contribution in [0.3, 0.4) is 0 Å². The molecular weight excluding hydrogens is 333 g/mol. The van der Waals surface area contributed by atoms with Crippen LogP contribution in [0.2, 0.25) is 0 Å². The molecule has 134 valence electrons. The van der Waals surface area contributed by atoms with E-state index in [1.54, 1.807) is 0 Å². The van der Waals surface area contributed by atoms with E-state index < -0.39 is 47.8 Å². The van der Waals surface area contributed by atoms with Gasteiger partial charge in [0.25, 0.3) is 0 Å². The minimum atomic E-state index is -1.77. The average Bonchev–Trinajstić information content (AvgIpc) is 3.11. The van der Waals surface area contributed by atoms with E-state index >= 15 is 0 Å². The van der Waals surface area contributed by atoms with Crippen LogP contribution in [-0.2, 0) is 9.47 Å². The molecule has 4 N–H and O–H groups in total. The largest absolute Gasteiger partial charge is 0.409 e. The molecule has 1 aromatic carbocycles. The summed E-state index contributed by atoms with van der Waals surface area (Å²) in [6, 6.07) is 0.120. The van der Waals surface area contributed by atoms with Crippen LogP contribution in [0.1, 0.15) is 23.8 Å². The van der Waals surface area contributed by atoms with Gasteiger partial charge in [0.05, 0.1) is 31.4 Å². The lowest BCUT2D eigenvalue weighted by molar-refractivity contribution is -0.0469. The smallest absolute Gasteiger partial charge is 0.195 e. The number of amidine groups is 1. The molecule has 1 saturated heterocycles. The summed E-state index contributed by atoms with van der Waals surface area (Å²) in [7, 11) is 0. The molecule has 10 heteroatoms. The number of halogens is 3. The van der Waals surface area contributed by atoms with Crippen molar-refractivity contribution in [2.45, 2.75) is 18.8 Å². The Bertz CT molecular complexity index is 609. The Hall–Kier alpha value is -1.88. The molecule has 2 rings (SSSR count). The average molecular weight is 350 g/mol. The first-order chi connectivity index (χ1) is 11.5. The second kappa shape index (κ2) is 8.29. The molecule has 7 nitrogen and oxygen atoms in total. The summed E-state index contributed by atoms with van der Waals surface area (Å²) >= 11 is 0. The van der Waals surface area contributed by atoms with Crippen molar-refractivity contribution in [3.8, 4) is 0 Å². The number of rotatable bonds is 6. The molecule has 0 bridgehead atoms. The number of hydrogen-bond acceptors (Lipinski definition) is 6. The van der Waals surface area contributed by atoms with Gasteiger partial charge in [-0.1, -0.05) is 5.16 Å². The first-order valence-electron chi connectivity index (χ1n) is 7.14. The van der Waals surface area contributed by atoms with Crippen molar-refractivity contribution in [2.75, 3.05) is 26.4 Å². The molecule has 1 aromatic rings. The lowest BCUT2D eigenvalue weighted by Crippen LogP contribution is -2.39. The van der Waals surface area contributed by atoms with Gasteiger partial charge in [0, 0.05) is 12.2 Å². The van der Waals surface area contributed by atoms with E-state index in [9.17, 15) is 13.2 Å². The van der Waals surface area contributed by atoms with E-state index in [2.05, 4.69) is 10.5 Å². The lowest BCUT2D eigenvalue weighted by atomic mass is 10.1. The van der Waals surface area contributed by atoms with Crippen LogP contribution in [0.25, 0.3) is 0 Å². The van der Waals surface area contributed by atoms with Gasteiger partial charge in [0.1, 0.15) is 0 Å². The van der Waals surface area contributed by atoms with Gasteiger partial charge >= 0.3 is 0 Å². The van der Waals surface area contributed by atoms with Crippen LogP contribution in [0.4, 0.5) is 13.2 Å². The topological polar surface area (TPSA) is 104 Å². The third-order valence-electron chi connectivity index (χ3n) is 3.44. The Morgan fingerprint density at radius 3 is 2.42 bits per heavy atom. The molecule has 24 heavy (non-hydrogen) atoms. The van der Waals surface area contributed by atoms with E-state index in [-0.39, 0.29) is 31.8 Å². The van der Waals surface area contributed by atoms with E-state index in [0.29, 0.717) is 0 Å². The zero-order valence-electron chi connectivity index (χ0n) is 12.5. The van der Waals surface area contributed by atoms with Crippen molar-refractivity contribution >= 4 is 5.84 Å². The summed E-state index contributed by atoms with van der Waals surface area (Å²) in [6.45, 7) is -0.430. The molecule has 0 aromatic heterocycles. The van der Waals surface area contributed by atoms with Gasteiger partial charge in [0.2, 0.25) is 0 Å². The Morgan fingerprint density at radius 1 is 1.21 bits per heavy atom. The summed E-state index contributed by atoms with van der Waals surface area (Å²) in [5.41, 5.74) is -0.950. The van der Waals surface area contributed by atoms with E-state index in [4.69, 9.17) is 24.9 Å². The van der Waals surface area contributed by atoms with Crippen molar-refractivity contribution in [3.63, 3.8) is 0 Å². The fraction of sp³-hybridized carbons (Fsp3) is 0.500. The predicted molar refractivity (Wildman–Crippen MR) is 75.0 cm³/mol. The van der Waals surface area contributed by atoms with Crippen LogP contribution in [0, 0.1) is 17.5 Å². The highest BCUT2D eigenvalue weighted by Crippen LogP contribution is 2.30. The van der Waals surface area contributed by atoms with Crippen molar-refractivity contribution in [2.24, 2.45) is 5.16 Å². The maximum atomic E-state index is 14.1. The number of nitrogens with one attached hydrogen (secondary N) is 1. The fourth-order valence-electron chi connectivity index (χ4n) is 2.22. The van der Waals surface area contributed by atoms with Gasteiger partial charge in [-0.25, -0.2) is 13.2 Å². The zero-order chi connectivity index (χ0) is 17.7. The highest BCUT2D eigenvalue weighted by molar-refractivity contribution is 5.99. The Balaban J connectivity index is 2.40. The molecule has 1 aliphatic rings. The highest BCUT2D eigenvalue weighted by atomic mass is 19.2. The van der Waals surface area contributed by atoms with Crippen LogP contribution < -0.4 is 5.32 Å². The minimum absolute atomic E-state index is 0.0581. The normalized spacial score (nSPS) is 17.3. The Kier molecular flexibility index (Phi) is 6.37. The van der Waals surface area contributed by atoms with E-state index in [1.165, 1.54) is 0 Å². The van der Waals surface area contributed by atoms with Crippen molar-refractivity contribution in [1.29, 1.82) is 0 Å². The van der Waals surface area contributed by atoms with Crippen LogP contribution in [-0.4, -0.2) is 53.7 Å². The predicted octanol–water partition coefficient (Wildman–Crippen LogP) is 0.618. The number of aliphatic hydroxyl groups excluding tert-OH is 2. The summed E-state index contributed by atoms with van der Waals surface area (Å²) < 4.78 is 52.0. The van der Waals surface area contributed by atoms with Gasteiger partial charge in [-0.2, -0.15) is 0 Å². The molecule has 0 radical (unpaired) electrons. The molecule has 1 atom stereocenters. The highest BCUT2D eigenvalue weighted by Gasteiger charge is 2.29. The minimum Gasteiger partial charge on any atom is -0.409 e. The molecule has 0 amide bonds. The Morgan fingerprint density at radius 2 is 1.88 bits per heavy atom. The molecule has 0 aliphatic carbocycles. The number of hydrogen-bond donors (Lipinski definition) is 4. The second-order valence-corrected chi connectivity index (χ2v) is 5.01. The number of oxime groups is 1. The van der Waals surface area contributed by atoms with E-state index in [1.807, 2.05) is 0 Å². The molecule has 0 saturated carbocycles. The SMILES string of the molecule is OCCC(CO)N/C(=N\O)c1cc(C2OCCO2)c(F)c(F)c1F. The number of ether oxygens (including phenoxy) is 2. The summed E-state index contributed by atoms with van der Waals surface area (Å²) in [4.78, 5) is 0. The molecule has 1 aliphatic heterocycles. The van der Waals surface area contributed by atoms with Gasteiger partial charge in [0.15, 0.2) is 29.6 Å². The van der Waals surface area contributed by atoms with Crippen LogP contribution in [0.15, 0.2) is 11.2 Å². The number of nitrogens with zero attached hydrogens (tertiary/aromatic N) is 1. The Labute approximate surface area is 135 Å². The van der Waals surface area contributed by atoms with Crippen molar-refractivity contribution in [3.05, 3.63) is 34.6 Å². The van der Waals surface area contributed by atoms with Crippen molar-refractivity contribution < 1.29 is 38.1 Å². The summed E-state index contributed by atoms with van der Waals surface area (Å²) in [5, 5.41) is 32.4. The lowest BCUT2D eigenvalue weighted by Gasteiger charge is -2.19. The van der Waals surface area contributed by atoms with Gasteiger partial charge in [-0.05, 0) is 12.5 Å². The number of aliphatic hydroxyl groups is 2. The molecule has 1 unspecified atom stereocenters. The summed E-state index contributed by atoms with van der Waals surface area (Å²) in [6.07, 6.45) is -1.15. The first kappa shape index (κ1) is 18.5. The van der Waals surface area contributed by atoms with Gasteiger partial charge in [-0.3, -0.25) is 0 Å². The first-order valence-corrected chi connectivity index (χ1v) is 7.14. The van der Waals surface area contributed by atoms with Crippen molar-refractivity contribution in [1.82, 2.24) is 5.32 Å². The van der Waals surface area contributed by atoms with Gasteiger partial charge in [-0.15, -0.1) is 0 Å². The van der Waals surface area contributed by atoms with Crippen LogP contribution in [0.5, 0.6) is 0 Å². The molecule has 0 spiro atoms. The zero-order valence-corrected chi connectivity index (χ0v) is 12.5. The molecule has 1 heterocycles. The maximum absolute atomic E-state index is 14.1. The molecular formula is C14H17F3N2O5. The second-order valence-electron chi connectivity index (χ2n) is 5.01. The quantitative estimate of drug-likeness (QED) is 0.197. The standard InChI is InChI=1S/C14H17F3N2O5/c15-10-8(13(19-22)18-7(6-21)1-2-20)5-9(11(16)12(10)17)14-23-3-4-24-14/h5,7,14,20-22H,1-4,6H2,(H,18,19). The van der Waals surface area contributed by atoms with Gasteiger partial charge < -0.3 is 30.2 Å². The molecule has 1 fully saturated rings. The maximum Gasteiger partial charge on any atom is 0.195 e.